The number of nitrogens with zero attached hydrogens (tertiary/aromatic N) is 1. The third-order valence-electron chi connectivity index (χ3n) is 4.44. The van der Waals surface area contributed by atoms with E-state index in [1.807, 2.05) is 0 Å². The summed E-state index contributed by atoms with van der Waals surface area (Å²) < 4.78 is 0. The second-order valence-electron chi connectivity index (χ2n) is 5.87. The summed E-state index contributed by atoms with van der Waals surface area (Å²) in [6.07, 6.45) is 1.42. The Kier molecular flexibility index (Phi) is 2.93. The Labute approximate surface area is 104 Å². The Bertz CT molecular complexity index is 376. The third kappa shape index (κ3) is 2.38. The Morgan fingerprint density at radius 2 is 1.94 bits per heavy atom. The van der Waals surface area contributed by atoms with Crippen LogP contribution >= 0.6 is 0 Å². The lowest BCUT2D eigenvalue weighted by molar-refractivity contribution is 0.312. The molecule has 92 valence electrons. The number of benzene rings is 1. The second-order valence-corrected chi connectivity index (χ2v) is 5.87. The molecule has 2 unspecified atom stereocenters. The first kappa shape index (κ1) is 11.2. The van der Waals surface area contributed by atoms with E-state index in [9.17, 15) is 0 Å². The SMILES string of the molecule is CC1CC1CN1C[C@@H](N)[C@H](c2ccccc2)C1. The number of likely N-dealkylation sites (tertiary alicyclic amines) is 1. The number of hydrogen-bond acceptors (Lipinski definition) is 2. The van der Waals surface area contributed by atoms with Crippen molar-refractivity contribution in [1.82, 2.24) is 4.90 Å². The van der Waals surface area contributed by atoms with E-state index in [2.05, 4.69) is 42.2 Å². The molecule has 1 aromatic rings. The van der Waals surface area contributed by atoms with Gasteiger partial charge in [-0.05, 0) is 23.8 Å². The van der Waals surface area contributed by atoms with E-state index in [-0.39, 0.29) is 0 Å². The summed E-state index contributed by atoms with van der Waals surface area (Å²) >= 11 is 0. The highest BCUT2D eigenvalue weighted by molar-refractivity contribution is 5.23. The summed E-state index contributed by atoms with van der Waals surface area (Å²) in [6, 6.07) is 11.1. The normalized spacial score (nSPS) is 37.3. The van der Waals surface area contributed by atoms with Crippen molar-refractivity contribution in [2.45, 2.75) is 25.3 Å². The molecule has 2 nitrogen and oxygen atoms in total. The van der Waals surface area contributed by atoms with Crippen LogP contribution in [-0.4, -0.2) is 30.6 Å². The lowest BCUT2D eigenvalue weighted by Gasteiger charge is -2.15. The highest BCUT2D eigenvalue weighted by Crippen LogP contribution is 2.39. The Balaban J connectivity index is 1.63. The maximum absolute atomic E-state index is 6.29. The summed E-state index contributed by atoms with van der Waals surface area (Å²) in [6.45, 7) is 5.84. The van der Waals surface area contributed by atoms with Crippen LogP contribution in [0.4, 0.5) is 0 Å². The minimum absolute atomic E-state index is 0.312. The summed E-state index contributed by atoms with van der Waals surface area (Å²) in [5.41, 5.74) is 7.70. The monoisotopic (exact) mass is 230 g/mol. The van der Waals surface area contributed by atoms with Crippen LogP contribution in [0.5, 0.6) is 0 Å². The Morgan fingerprint density at radius 1 is 1.24 bits per heavy atom. The van der Waals surface area contributed by atoms with Crippen LogP contribution in [0.25, 0.3) is 0 Å². The lowest BCUT2D eigenvalue weighted by Crippen LogP contribution is -2.29. The zero-order chi connectivity index (χ0) is 11.8. The van der Waals surface area contributed by atoms with Gasteiger partial charge in [0.25, 0.3) is 0 Å². The first-order chi connectivity index (χ1) is 8.24. The van der Waals surface area contributed by atoms with Gasteiger partial charge in [0.05, 0.1) is 0 Å². The fourth-order valence-corrected chi connectivity index (χ4v) is 3.10. The molecule has 1 aliphatic heterocycles. The van der Waals surface area contributed by atoms with E-state index < -0.39 is 0 Å². The van der Waals surface area contributed by atoms with E-state index in [0.717, 1.165) is 24.9 Å². The maximum atomic E-state index is 6.29. The van der Waals surface area contributed by atoms with Gasteiger partial charge < -0.3 is 10.6 Å². The summed E-state index contributed by atoms with van der Waals surface area (Å²) in [5, 5.41) is 0. The van der Waals surface area contributed by atoms with Crippen molar-refractivity contribution in [2.24, 2.45) is 17.6 Å². The van der Waals surface area contributed by atoms with Crippen LogP contribution in [0.2, 0.25) is 0 Å². The summed E-state index contributed by atoms with van der Waals surface area (Å²) in [4.78, 5) is 2.57. The Morgan fingerprint density at radius 3 is 2.59 bits per heavy atom. The molecule has 2 heteroatoms. The van der Waals surface area contributed by atoms with Crippen molar-refractivity contribution in [2.75, 3.05) is 19.6 Å². The zero-order valence-electron chi connectivity index (χ0n) is 10.5. The molecule has 1 saturated carbocycles. The third-order valence-corrected chi connectivity index (χ3v) is 4.44. The Hall–Kier alpha value is -0.860. The molecule has 0 radical (unpaired) electrons. The first-order valence-electron chi connectivity index (χ1n) is 6.77. The average molecular weight is 230 g/mol. The smallest absolute Gasteiger partial charge is 0.0249 e. The standard InChI is InChI=1S/C15H22N2/c1-11-7-13(11)8-17-9-14(15(16)10-17)12-5-3-2-4-6-12/h2-6,11,13-15H,7-10,16H2,1H3/t11?,13?,14-,15+/m0/s1. The molecule has 2 N–H and O–H groups in total. The molecule has 1 aliphatic carbocycles. The largest absolute Gasteiger partial charge is 0.326 e. The molecule has 0 spiro atoms. The molecule has 1 heterocycles. The van der Waals surface area contributed by atoms with Crippen molar-refractivity contribution in [3.05, 3.63) is 35.9 Å². The fraction of sp³-hybridized carbons (Fsp3) is 0.600. The van der Waals surface area contributed by atoms with Crippen LogP contribution in [0.1, 0.15) is 24.8 Å². The molecular weight excluding hydrogens is 208 g/mol. The van der Waals surface area contributed by atoms with Crippen molar-refractivity contribution in [3.63, 3.8) is 0 Å². The first-order valence-corrected chi connectivity index (χ1v) is 6.77. The maximum Gasteiger partial charge on any atom is 0.0249 e. The van der Waals surface area contributed by atoms with Crippen molar-refractivity contribution < 1.29 is 0 Å². The van der Waals surface area contributed by atoms with E-state index in [4.69, 9.17) is 5.73 Å². The molecule has 4 atom stereocenters. The molecule has 0 amide bonds. The van der Waals surface area contributed by atoms with Gasteiger partial charge in [0.1, 0.15) is 0 Å². The predicted molar refractivity (Wildman–Crippen MR) is 70.9 cm³/mol. The van der Waals surface area contributed by atoms with Gasteiger partial charge in [-0.25, -0.2) is 0 Å². The van der Waals surface area contributed by atoms with Crippen LogP contribution in [0.15, 0.2) is 30.3 Å². The molecule has 1 aromatic carbocycles. The zero-order valence-corrected chi connectivity index (χ0v) is 10.5. The minimum Gasteiger partial charge on any atom is -0.326 e. The lowest BCUT2D eigenvalue weighted by atomic mass is 9.95. The molecular formula is C15H22N2. The van der Waals surface area contributed by atoms with Crippen LogP contribution < -0.4 is 5.73 Å². The quantitative estimate of drug-likeness (QED) is 0.861. The molecule has 17 heavy (non-hydrogen) atoms. The summed E-state index contributed by atoms with van der Waals surface area (Å²) in [5.74, 6) is 2.42. The molecule has 2 fully saturated rings. The minimum atomic E-state index is 0.312. The van der Waals surface area contributed by atoms with Crippen LogP contribution in [0.3, 0.4) is 0 Å². The topological polar surface area (TPSA) is 29.3 Å². The average Bonchev–Trinajstić information content (AvgIpc) is 2.88. The fourth-order valence-electron chi connectivity index (χ4n) is 3.10. The highest BCUT2D eigenvalue weighted by Gasteiger charge is 2.38. The van der Waals surface area contributed by atoms with Crippen molar-refractivity contribution in [1.29, 1.82) is 0 Å². The van der Waals surface area contributed by atoms with E-state index in [1.54, 1.807) is 0 Å². The molecule has 2 aliphatic rings. The van der Waals surface area contributed by atoms with Gasteiger partial charge >= 0.3 is 0 Å². The van der Waals surface area contributed by atoms with Crippen molar-refractivity contribution >= 4 is 0 Å². The molecule has 3 rings (SSSR count). The predicted octanol–water partition coefficient (Wildman–Crippen LogP) is 2.07. The van der Waals surface area contributed by atoms with E-state index >= 15 is 0 Å². The molecule has 0 aromatic heterocycles. The number of hydrogen-bond donors (Lipinski definition) is 1. The van der Waals surface area contributed by atoms with Gasteiger partial charge in [-0.1, -0.05) is 37.3 Å². The molecule has 0 bridgehead atoms. The number of nitrogens with two attached hydrogens (primary N) is 1. The highest BCUT2D eigenvalue weighted by atomic mass is 15.2. The van der Waals surface area contributed by atoms with Crippen LogP contribution in [0, 0.1) is 11.8 Å². The van der Waals surface area contributed by atoms with Gasteiger partial charge in [-0.3, -0.25) is 0 Å². The summed E-state index contributed by atoms with van der Waals surface area (Å²) in [7, 11) is 0. The van der Waals surface area contributed by atoms with Gasteiger partial charge in [0.2, 0.25) is 0 Å². The van der Waals surface area contributed by atoms with Crippen molar-refractivity contribution in [3.8, 4) is 0 Å². The number of rotatable bonds is 3. The van der Waals surface area contributed by atoms with E-state index in [0.29, 0.717) is 12.0 Å². The van der Waals surface area contributed by atoms with Crippen LogP contribution in [-0.2, 0) is 0 Å². The van der Waals surface area contributed by atoms with Gasteiger partial charge in [0.15, 0.2) is 0 Å². The van der Waals surface area contributed by atoms with E-state index in [1.165, 1.54) is 18.5 Å². The second kappa shape index (κ2) is 4.43. The van der Waals surface area contributed by atoms with Gasteiger partial charge in [-0.2, -0.15) is 0 Å². The van der Waals surface area contributed by atoms with Gasteiger partial charge in [0, 0.05) is 31.6 Å². The molecule has 1 saturated heterocycles. The van der Waals surface area contributed by atoms with Gasteiger partial charge in [-0.15, -0.1) is 0 Å².